The first-order valence-electron chi connectivity index (χ1n) is 11.9. The quantitative estimate of drug-likeness (QED) is 0.628. The Hall–Kier alpha value is -2.66. The lowest BCUT2D eigenvalue weighted by atomic mass is 9.95. The average molecular weight is 431 g/mol. The average Bonchev–Trinajstić information content (AvgIpc) is 3.43. The first-order valence-corrected chi connectivity index (χ1v) is 11.9. The van der Waals surface area contributed by atoms with Gasteiger partial charge in [-0.2, -0.15) is 0 Å². The van der Waals surface area contributed by atoms with Crippen molar-refractivity contribution in [3.05, 3.63) is 53.3 Å². The minimum absolute atomic E-state index is 0.176. The van der Waals surface area contributed by atoms with Gasteiger partial charge in [0.25, 0.3) is 5.91 Å². The summed E-state index contributed by atoms with van der Waals surface area (Å²) in [5, 5.41) is 1.15. The minimum Gasteiger partial charge on any atom is -0.354 e. The zero-order valence-electron chi connectivity index (χ0n) is 19.9. The van der Waals surface area contributed by atoms with E-state index >= 15 is 0 Å². The Morgan fingerprint density at radius 1 is 1.03 bits per heavy atom. The molecule has 0 spiro atoms. The normalized spacial score (nSPS) is 21.3. The van der Waals surface area contributed by atoms with Crippen molar-refractivity contribution >= 4 is 16.8 Å². The molecule has 1 amide bonds. The lowest BCUT2D eigenvalue weighted by Crippen LogP contribution is -2.35. The molecule has 2 saturated heterocycles. The number of rotatable bonds is 4. The second kappa shape index (κ2) is 8.04. The highest BCUT2D eigenvalue weighted by Crippen LogP contribution is 2.37. The number of carbonyl (C=O) groups excluding carboxylic acids is 1. The summed E-state index contributed by atoms with van der Waals surface area (Å²) >= 11 is 0. The van der Waals surface area contributed by atoms with E-state index < -0.39 is 0 Å². The Kier molecular flexibility index (Phi) is 5.32. The Bertz CT molecular complexity index is 1150. The fourth-order valence-electron chi connectivity index (χ4n) is 5.67. The predicted octanol–water partition coefficient (Wildman–Crippen LogP) is 5.07. The van der Waals surface area contributed by atoms with Crippen LogP contribution in [0.5, 0.6) is 0 Å². The van der Waals surface area contributed by atoms with Crippen molar-refractivity contribution in [1.82, 2.24) is 19.8 Å². The molecule has 2 unspecified atom stereocenters. The number of pyridine rings is 1. The van der Waals surface area contributed by atoms with Crippen LogP contribution in [0.4, 0.5) is 0 Å². The first-order chi connectivity index (χ1) is 15.3. The number of carbonyl (C=O) groups is 1. The van der Waals surface area contributed by atoms with Gasteiger partial charge >= 0.3 is 0 Å². The van der Waals surface area contributed by atoms with Crippen LogP contribution in [-0.4, -0.2) is 57.9 Å². The molecule has 5 rings (SSSR count). The summed E-state index contributed by atoms with van der Waals surface area (Å²) in [6, 6.07) is 10.9. The van der Waals surface area contributed by atoms with E-state index in [0.29, 0.717) is 23.8 Å². The van der Waals surface area contributed by atoms with E-state index in [4.69, 9.17) is 0 Å². The number of hydrogen-bond acceptors (Lipinski definition) is 3. The zero-order chi connectivity index (χ0) is 22.6. The number of amides is 1. The molecule has 5 heteroatoms. The third kappa shape index (κ3) is 3.62. The third-order valence-corrected chi connectivity index (χ3v) is 7.38. The molecule has 0 aliphatic carbocycles. The Morgan fingerprint density at radius 3 is 2.38 bits per heavy atom. The molecule has 168 valence electrons. The van der Waals surface area contributed by atoms with Crippen LogP contribution in [0.2, 0.25) is 0 Å². The predicted molar refractivity (Wildman–Crippen MR) is 130 cm³/mol. The van der Waals surface area contributed by atoms with Gasteiger partial charge in [0.15, 0.2) is 0 Å². The topological polar surface area (TPSA) is 52.2 Å². The van der Waals surface area contributed by atoms with Crippen LogP contribution in [0.1, 0.15) is 55.2 Å². The summed E-state index contributed by atoms with van der Waals surface area (Å²) in [5.74, 6) is 1.75. The highest BCUT2D eigenvalue weighted by Gasteiger charge is 2.42. The monoisotopic (exact) mass is 430 g/mol. The summed E-state index contributed by atoms with van der Waals surface area (Å²) in [6.07, 6.45) is 1.86. The van der Waals surface area contributed by atoms with Gasteiger partial charge < -0.3 is 14.8 Å². The van der Waals surface area contributed by atoms with Gasteiger partial charge in [-0.05, 0) is 74.4 Å². The van der Waals surface area contributed by atoms with Gasteiger partial charge in [-0.15, -0.1) is 0 Å². The van der Waals surface area contributed by atoms with Crippen molar-refractivity contribution in [2.45, 2.75) is 46.6 Å². The van der Waals surface area contributed by atoms with Crippen molar-refractivity contribution in [2.24, 2.45) is 11.8 Å². The molecule has 2 aromatic heterocycles. The second-order valence-corrected chi connectivity index (χ2v) is 10.3. The van der Waals surface area contributed by atoms with Crippen LogP contribution >= 0.6 is 0 Å². The lowest BCUT2D eigenvalue weighted by Gasteiger charge is -2.24. The molecular formula is C27H34N4O. The van der Waals surface area contributed by atoms with Crippen LogP contribution < -0.4 is 0 Å². The van der Waals surface area contributed by atoms with Crippen molar-refractivity contribution < 1.29 is 4.79 Å². The molecule has 32 heavy (non-hydrogen) atoms. The van der Waals surface area contributed by atoms with E-state index in [1.807, 2.05) is 19.2 Å². The van der Waals surface area contributed by atoms with Crippen LogP contribution in [0.15, 0.2) is 36.5 Å². The van der Waals surface area contributed by atoms with E-state index in [-0.39, 0.29) is 5.91 Å². The number of H-pyrrole nitrogens is 1. The summed E-state index contributed by atoms with van der Waals surface area (Å²) in [7, 11) is 0. The number of nitrogens with zero attached hydrogens (tertiary/aromatic N) is 3. The minimum atomic E-state index is 0.176. The van der Waals surface area contributed by atoms with Gasteiger partial charge in [0.1, 0.15) is 0 Å². The maximum Gasteiger partial charge on any atom is 0.253 e. The number of hydrogen-bond donors (Lipinski definition) is 1. The molecule has 4 heterocycles. The molecule has 1 N–H and O–H groups in total. The molecule has 3 aromatic rings. The Morgan fingerprint density at radius 2 is 1.75 bits per heavy atom. The summed E-state index contributed by atoms with van der Waals surface area (Å²) in [6.45, 7) is 15.0. The van der Waals surface area contributed by atoms with Crippen LogP contribution in [-0.2, 0) is 0 Å². The maximum absolute atomic E-state index is 13.4. The fraction of sp³-hybridized carbons (Fsp3) is 0.481. The molecule has 2 atom stereocenters. The van der Waals surface area contributed by atoms with Gasteiger partial charge in [0, 0.05) is 66.1 Å². The van der Waals surface area contributed by atoms with Crippen molar-refractivity contribution in [1.29, 1.82) is 0 Å². The third-order valence-electron chi connectivity index (χ3n) is 7.38. The number of likely N-dealkylation sites (tertiary alicyclic amines) is 2. The largest absolute Gasteiger partial charge is 0.354 e. The molecule has 5 nitrogen and oxygen atoms in total. The summed E-state index contributed by atoms with van der Waals surface area (Å²) in [4.78, 5) is 26.0. The van der Waals surface area contributed by atoms with E-state index in [1.165, 1.54) is 5.56 Å². The number of aromatic nitrogens is 2. The second-order valence-electron chi connectivity index (χ2n) is 10.3. The standard InChI is InChI=1S/C27H34N4O/c1-16(2)25-23-11-20(6-7-24(23)29-26(25)19-8-9-28-18(5)10-19)27(32)31-14-21-12-30(17(3)4)13-22(21)15-31/h6-11,16-17,21-22,29H,12-15H2,1-5H3. The van der Waals surface area contributed by atoms with E-state index in [1.54, 1.807) is 0 Å². The molecular weight excluding hydrogens is 396 g/mol. The van der Waals surface area contributed by atoms with Gasteiger partial charge in [0.2, 0.25) is 0 Å². The molecule has 2 fully saturated rings. The van der Waals surface area contributed by atoms with Crippen LogP contribution in [0.25, 0.3) is 22.2 Å². The number of benzene rings is 1. The first kappa shape index (κ1) is 21.2. The van der Waals surface area contributed by atoms with E-state index in [9.17, 15) is 4.79 Å². The molecule has 2 aliphatic heterocycles. The smallest absolute Gasteiger partial charge is 0.253 e. The van der Waals surface area contributed by atoms with Gasteiger partial charge in [-0.25, -0.2) is 0 Å². The van der Waals surface area contributed by atoms with Crippen molar-refractivity contribution in [3.63, 3.8) is 0 Å². The van der Waals surface area contributed by atoms with Crippen molar-refractivity contribution in [3.8, 4) is 11.3 Å². The van der Waals surface area contributed by atoms with Crippen molar-refractivity contribution in [2.75, 3.05) is 26.2 Å². The molecule has 0 bridgehead atoms. The fourth-order valence-corrected chi connectivity index (χ4v) is 5.67. The van der Waals surface area contributed by atoms with Gasteiger partial charge in [0.05, 0.1) is 5.69 Å². The van der Waals surface area contributed by atoms with E-state index in [0.717, 1.165) is 59.6 Å². The highest BCUT2D eigenvalue weighted by molar-refractivity contribution is 6.00. The molecule has 0 radical (unpaired) electrons. The molecule has 2 aliphatic rings. The number of aromatic amines is 1. The maximum atomic E-state index is 13.4. The van der Waals surface area contributed by atoms with Gasteiger partial charge in [-0.1, -0.05) is 13.8 Å². The lowest BCUT2D eigenvalue weighted by molar-refractivity contribution is 0.0771. The number of nitrogens with one attached hydrogen (secondary N) is 1. The van der Waals surface area contributed by atoms with Crippen LogP contribution in [0.3, 0.4) is 0 Å². The molecule has 1 aromatic carbocycles. The molecule has 0 saturated carbocycles. The SMILES string of the molecule is Cc1cc(-c2[nH]c3ccc(C(=O)N4CC5CN(C(C)C)CC5C4)cc3c2C(C)C)ccn1. The van der Waals surface area contributed by atoms with E-state index in [2.05, 4.69) is 71.7 Å². The number of fused-ring (bicyclic) bond motifs is 2. The van der Waals surface area contributed by atoms with Crippen LogP contribution in [0, 0.1) is 18.8 Å². The zero-order valence-corrected chi connectivity index (χ0v) is 19.9. The highest BCUT2D eigenvalue weighted by atomic mass is 16.2. The Balaban J connectivity index is 1.45. The Labute approximate surface area is 190 Å². The van der Waals surface area contributed by atoms with Gasteiger partial charge in [-0.3, -0.25) is 9.78 Å². The number of aryl methyl sites for hydroxylation is 1. The summed E-state index contributed by atoms with van der Waals surface area (Å²) in [5.41, 5.74) is 6.44. The summed E-state index contributed by atoms with van der Waals surface area (Å²) < 4.78 is 0.